The lowest BCUT2D eigenvalue weighted by Gasteiger charge is -2.18. The number of carbonyl (C=O) groups is 1. The average molecular weight is 283 g/mol. The topological polar surface area (TPSA) is 40.5 Å². The van der Waals surface area contributed by atoms with Gasteiger partial charge in [0, 0.05) is 24.2 Å². The van der Waals surface area contributed by atoms with Gasteiger partial charge in [0.1, 0.15) is 6.61 Å². The summed E-state index contributed by atoms with van der Waals surface area (Å²) < 4.78 is 0. The van der Waals surface area contributed by atoms with Crippen molar-refractivity contribution in [3.63, 3.8) is 0 Å². The molecular weight excluding hydrogens is 262 g/mol. The van der Waals surface area contributed by atoms with Crippen LogP contribution in [-0.2, 0) is 0 Å². The number of carbonyl (C=O) groups excluding carboxylic acids is 1. The summed E-state index contributed by atoms with van der Waals surface area (Å²) in [4.78, 5) is 14.8. The molecule has 3 nitrogen and oxygen atoms in total. The quantitative estimate of drug-likeness (QED) is 0.803. The predicted octanol–water partition coefficient (Wildman–Crippen LogP) is 2.21. The summed E-state index contributed by atoms with van der Waals surface area (Å²) in [6.07, 6.45) is 3.87. The molecule has 1 aliphatic carbocycles. The summed E-state index contributed by atoms with van der Waals surface area (Å²) in [6.45, 7) is 3.63. The Labute approximate surface area is 126 Å². The highest BCUT2D eigenvalue weighted by atomic mass is 16.2. The van der Waals surface area contributed by atoms with Crippen LogP contribution in [0.4, 0.5) is 0 Å². The molecule has 1 aliphatic heterocycles. The number of benzene rings is 1. The van der Waals surface area contributed by atoms with E-state index in [1.807, 2.05) is 30.0 Å². The molecule has 0 spiro atoms. The molecule has 0 aromatic heterocycles. The predicted molar refractivity (Wildman–Crippen MR) is 81.9 cm³/mol. The molecule has 1 saturated heterocycles. The van der Waals surface area contributed by atoms with Gasteiger partial charge in [0.05, 0.1) is 0 Å². The maximum atomic E-state index is 12.8. The van der Waals surface area contributed by atoms with E-state index < -0.39 is 0 Å². The number of aliphatic hydroxyl groups is 1. The molecule has 2 unspecified atom stereocenters. The lowest BCUT2D eigenvalue weighted by Crippen LogP contribution is -2.30. The van der Waals surface area contributed by atoms with Gasteiger partial charge >= 0.3 is 0 Å². The summed E-state index contributed by atoms with van der Waals surface area (Å²) in [5.74, 6) is 7.07. The van der Waals surface area contributed by atoms with Crippen LogP contribution in [-0.4, -0.2) is 35.6 Å². The molecule has 2 aliphatic rings. The fourth-order valence-corrected chi connectivity index (χ4v) is 3.64. The minimum atomic E-state index is -0.160. The van der Waals surface area contributed by atoms with Crippen LogP contribution in [0.5, 0.6) is 0 Å². The van der Waals surface area contributed by atoms with Gasteiger partial charge in [0.2, 0.25) is 0 Å². The van der Waals surface area contributed by atoms with Crippen LogP contribution in [0.15, 0.2) is 18.2 Å². The Hall–Kier alpha value is -1.79. The average Bonchev–Trinajstić information content (AvgIpc) is 3.07. The highest BCUT2D eigenvalue weighted by molar-refractivity contribution is 5.96. The van der Waals surface area contributed by atoms with Crippen LogP contribution in [0.2, 0.25) is 0 Å². The van der Waals surface area contributed by atoms with E-state index in [0.29, 0.717) is 11.8 Å². The van der Waals surface area contributed by atoms with Crippen molar-refractivity contribution < 1.29 is 9.90 Å². The van der Waals surface area contributed by atoms with Gasteiger partial charge in [-0.2, -0.15) is 0 Å². The van der Waals surface area contributed by atoms with Crippen molar-refractivity contribution in [2.75, 3.05) is 19.7 Å². The molecule has 110 valence electrons. The Morgan fingerprint density at radius 2 is 2.05 bits per heavy atom. The van der Waals surface area contributed by atoms with Gasteiger partial charge < -0.3 is 10.0 Å². The summed E-state index contributed by atoms with van der Waals surface area (Å²) >= 11 is 0. The van der Waals surface area contributed by atoms with Crippen molar-refractivity contribution in [3.8, 4) is 11.8 Å². The standard InChI is InChI=1S/C18H21NO2/c1-13-7-8-14(4-3-9-20)10-17(13)18(21)19-11-15-5-2-6-16(15)12-19/h7-8,10,15-16,20H,2,5-6,9,11-12H2,1H3. The van der Waals surface area contributed by atoms with Crippen molar-refractivity contribution in [2.24, 2.45) is 11.8 Å². The maximum Gasteiger partial charge on any atom is 0.254 e. The number of hydrogen-bond acceptors (Lipinski definition) is 2. The second-order valence-corrected chi connectivity index (χ2v) is 6.15. The van der Waals surface area contributed by atoms with E-state index in [0.717, 1.165) is 29.8 Å². The van der Waals surface area contributed by atoms with E-state index in [2.05, 4.69) is 11.8 Å². The maximum absolute atomic E-state index is 12.8. The van der Waals surface area contributed by atoms with Crippen LogP contribution < -0.4 is 0 Å². The number of amides is 1. The van der Waals surface area contributed by atoms with Crippen LogP contribution in [0.25, 0.3) is 0 Å². The van der Waals surface area contributed by atoms with E-state index in [-0.39, 0.29) is 12.5 Å². The van der Waals surface area contributed by atoms with E-state index in [1.165, 1.54) is 19.3 Å². The van der Waals surface area contributed by atoms with Gasteiger partial charge in [-0.15, -0.1) is 0 Å². The molecule has 21 heavy (non-hydrogen) atoms. The van der Waals surface area contributed by atoms with E-state index >= 15 is 0 Å². The van der Waals surface area contributed by atoms with Crippen LogP contribution in [0.3, 0.4) is 0 Å². The van der Waals surface area contributed by atoms with Gasteiger partial charge in [-0.25, -0.2) is 0 Å². The molecule has 3 rings (SSSR count). The van der Waals surface area contributed by atoms with Gasteiger partial charge in [-0.1, -0.05) is 24.3 Å². The summed E-state index contributed by atoms with van der Waals surface area (Å²) in [6, 6.07) is 5.69. The first-order chi connectivity index (χ1) is 10.2. The van der Waals surface area contributed by atoms with E-state index in [1.54, 1.807) is 0 Å². The van der Waals surface area contributed by atoms with Crippen LogP contribution in [0, 0.1) is 30.6 Å². The van der Waals surface area contributed by atoms with Gasteiger partial charge in [0.15, 0.2) is 0 Å². The molecule has 3 heteroatoms. The first kappa shape index (κ1) is 14.2. The highest BCUT2D eigenvalue weighted by Gasteiger charge is 2.38. The molecule has 0 radical (unpaired) electrons. The largest absolute Gasteiger partial charge is 0.384 e. The molecule has 2 fully saturated rings. The molecule has 1 saturated carbocycles. The third-order valence-electron chi connectivity index (χ3n) is 4.79. The fraction of sp³-hybridized carbons (Fsp3) is 0.500. The fourth-order valence-electron chi connectivity index (χ4n) is 3.64. The SMILES string of the molecule is Cc1ccc(C#CCO)cc1C(=O)N1CC2CCCC2C1. The lowest BCUT2D eigenvalue weighted by molar-refractivity contribution is 0.0780. The van der Waals surface area contributed by atoms with E-state index in [9.17, 15) is 4.79 Å². The Balaban J connectivity index is 1.81. The number of likely N-dealkylation sites (tertiary alicyclic amines) is 1. The van der Waals surface area contributed by atoms with Gasteiger partial charge in [0.25, 0.3) is 5.91 Å². The van der Waals surface area contributed by atoms with Crippen molar-refractivity contribution in [1.29, 1.82) is 0 Å². The number of nitrogens with zero attached hydrogens (tertiary/aromatic N) is 1. The number of fused-ring (bicyclic) bond motifs is 1. The Kier molecular flexibility index (Phi) is 3.98. The zero-order valence-electron chi connectivity index (χ0n) is 12.4. The van der Waals surface area contributed by atoms with Crippen LogP contribution in [0.1, 0.15) is 40.7 Å². The van der Waals surface area contributed by atoms with Crippen molar-refractivity contribution in [2.45, 2.75) is 26.2 Å². The van der Waals surface area contributed by atoms with Crippen LogP contribution >= 0.6 is 0 Å². The summed E-state index contributed by atoms with van der Waals surface area (Å²) in [5.41, 5.74) is 2.53. The van der Waals surface area contributed by atoms with Gasteiger partial charge in [-0.3, -0.25) is 4.79 Å². The normalized spacial score (nSPS) is 23.6. The Bertz CT molecular complexity index is 599. The third kappa shape index (κ3) is 2.82. The molecule has 1 amide bonds. The molecule has 1 N–H and O–H groups in total. The smallest absolute Gasteiger partial charge is 0.254 e. The zero-order valence-corrected chi connectivity index (χ0v) is 12.4. The Morgan fingerprint density at radius 3 is 2.71 bits per heavy atom. The third-order valence-corrected chi connectivity index (χ3v) is 4.79. The minimum absolute atomic E-state index is 0.134. The van der Waals surface area contributed by atoms with Gasteiger partial charge in [-0.05, 0) is 49.3 Å². The molecule has 1 aromatic carbocycles. The highest BCUT2D eigenvalue weighted by Crippen LogP contribution is 2.38. The van der Waals surface area contributed by atoms with Crippen molar-refractivity contribution in [1.82, 2.24) is 4.90 Å². The molecule has 1 aromatic rings. The first-order valence-corrected chi connectivity index (χ1v) is 7.68. The lowest BCUT2D eigenvalue weighted by atomic mass is 10.0. The number of aryl methyl sites for hydroxylation is 1. The molecule has 1 heterocycles. The molecular formula is C18H21NO2. The number of rotatable bonds is 1. The number of hydrogen-bond donors (Lipinski definition) is 1. The van der Waals surface area contributed by atoms with E-state index in [4.69, 9.17) is 5.11 Å². The second-order valence-electron chi connectivity index (χ2n) is 6.15. The summed E-state index contributed by atoms with van der Waals surface area (Å²) in [7, 11) is 0. The second kappa shape index (κ2) is 5.91. The summed E-state index contributed by atoms with van der Waals surface area (Å²) in [5, 5.41) is 8.78. The van der Waals surface area contributed by atoms with Crippen molar-refractivity contribution >= 4 is 5.91 Å². The monoisotopic (exact) mass is 283 g/mol. The number of aliphatic hydroxyl groups excluding tert-OH is 1. The zero-order chi connectivity index (χ0) is 14.8. The Morgan fingerprint density at radius 1 is 1.33 bits per heavy atom. The molecule has 2 atom stereocenters. The minimum Gasteiger partial charge on any atom is -0.384 e. The first-order valence-electron chi connectivity index (χ1n) is 7.68. The van der Waals surface area contributed by atoms with Crippen molar-refractivity contribution in [3.05, 3.63) is 34.9 Å². The molecule has 0 bridgehead atoms.